The SMILES string of the molecule is CC(C)C[C@@H]1NC(O)[C@@H](Cc2ccccc2)NC(=O)[C@H](CCN)NC(=O)[C@@H](NC(=O)[C@H](CCN)NC(=O)[C@@H](NC(=O)[C@H](CCN)NC(=O)C2CCNCC2)C(C)O)CCNC(=O)[C@H](C(C)O)NC(=O)[C@H](CCN)NC(=O)[C@H](CCN)NC1=O. The quantitative estimate of drug-likeness (QED) is 0.0457. The molecule has 83 heavy (non-hydrogen) atoms. The molecule has 13 atom stereocenters. The second kappa shape index (κ2) is 37.0. The van der Waals surface area contributed by atoms with Crippen LogP contribution in [0.25, 0.3) is 0 Å². The standard InChI is InChI=1S/C53H93N17O13/c1-28(2)26-39-50(80)64-33(10-18-54)44(74)63-37(14-22-58)49(79)69-41(29(3)71)52(82)60-25-17-38(47(77)62-34(11-19-55)46(76)68-40(51(81)67-39)27-31-8-6-5-7-9-31)65-45(75)35(12-20-56)66-53(83)42(30(4)72)70-48(78)36(13-21-57)61-43(73)32-15-23-59-24-16-32/h5-9,28-30,32-42,51,59,67,71-72,81H,10-27,54-58H2,1-4H3,(H,60,82)(H,61,73)(H,62,77)(H,63,74)(H,64,80)(H,65,75)(H,66,83)(H,68,76)(H,69,79)(H,70,78)/t29?,30?,33-,34-,35-,36-,37-,38-,39-,40+,41-,42-,51?/m0/s1. The molecule has 30 heteroatoms. The van der Waals surface area contributed by atoms with E-state index in [2.05, 4.69) is 63.8 Å². The molecule has 0 aromatic heterocycles. The maximum Gasteiger partial charge on any atom is 0.245 e. The van der Waals surface area contributed by atoms with Crippen molar-refractivity contribution in [1.82, 2.24) is 63.8 Å². The second-order valence-corrected chi connectivity index (χ2v) is 21.4. The summed E-state index contributed by atoms with van der Waals surface area (Å²) in [6.07, 6.45) is -4.84. The molecule has 0 saturated carbocycles. The van der Waals surface area contributed by atoms with Crippen molar-refractivity contribution >= 4 is 59.1 Å². The zero-order valence-corrected chi connectivity index (χ0v) is 48.1. The van der Waals surface area contributed by atoms with Gasteiger partial charge in [-0.1, -0.05) is 44.2 Å². The molecule has 30 nitrogen and oxygen atoms in total. The van der Waals surface area contributed by atoms with Gasteiger partial charge in [-0.15, -0.1) is 0 Å². The third kappa shape index (κ3) is 24.0. The van der Waals surface area contributed by atoms with Gasteiger partial charge >= 0.3 is 0 Å². The average molecular weight is 1180 g/mol. The maximum absolute atomic E-state index is 14.5. The van der Waals surface area contributed by atoms with Gasteiger partial charge < -0.3 is 102 Å². The molecule has 2 aliphatic heterocycles. The molecule has 468 valence electrons. The second-order valence-electron chi connectivity index (χ2n) is 21.4. The highest BCUT2D eigenvalue weighted by atomic mass is 16.3. The van der Waals surface area contributed by atoms with E-state index in [9.17, 15) is 63.3 Å². The van der Waals surface area contributed by atoms with Crippen molar-refractivity contribution in [3.63, 3.8) is 0 Å². The van der Waals surface area contributed by atoms with Crippen LogP contribution in [0, 0.1) is 11.8 Å². The van der Waals surface area contributed by atoms with Crippen molar-refractivity contribution in [2.45, 2.75) is 171 Å². The van der Waals surface area contributed by atoms with Crippen LogP contribution >= 0.6 is 0 Å². The first-order chi connectivity index (χ1) is 39.5. The molecule has 1 aromatic rings. The number of hydrogen-bond donors (Lipinski definition) is 20. The largest absolute Gasteiger partial charge is 0.391 e. The Balaban J connectivity index is 2.08. The summed E-state index contributed by atoms with van der Waals surface area (Å²) in [6.45, 7) is 6.15. The van der Waals surface area contributed by atoms with Crippen molar-refractivity contribution in [3.05, 3.63) is 35.9 Å². The first-order valence-electron chi connectivity index (χ1n) is 28.5. The highest BCUT2D eigenvalue weighted by molar-refractivity contribution is 5.98. The fourth-order valence-corrected chi connectivity index (χ4v) is 9.38. The normalized spacial score (nSPS) is 25.1. The Morgan fingerprint density at radius 2 is 1.11 bits per heavy atom. The van der Waals surface area contributed by atoms with E-state index >= 15 is 0 Å². The molecule has 0 bridgehead atoms. The minimum atomic E-state index is -1.70. The van der Waals surface area contributed by atoms with Crippen LogP contribution < -0.4 is 92.5 Å². The summed E-state index contributed by atoms with van der Waals surface area (Å²) in [6, 6.07) is -5.66. The highest BCUT2D eigenvalue weighted by Crippen LogP contribution is 2.15. The molecule has 25 N–H and O–H groups in total. The van der Waals surface area contributed by atoms with E-state index in [1.54, 1.807) is 30.3 Å². The van der Waals surface area contributed by atoms with E-state index in [4.69, 9.17) is 28.7 Å². The lowest BCUT2D eigenvalue weighted by atomic mass is 9.96. The molecule has 10 amide bonds. The third-order valence-corrected chi connectivity index (χ3v) is 14.0. The maximum atomic E-state index is 14.5. The fourth-order valence-electron chi connectivity index (χ4n) is 9.38. The van der Waals surface area contributed by atoms with Crippen LogP contribution in [-0.4, -0.2) is 206 Å². The predicted molar refractivity (Wildman–Crippen MR) is 305 cm³/mol. The third-order valence-electron chi connectivity index (χ3n) is 14.0. The molecule has 3 rings (SSSR count). The molecule has 2 aliphatic rings. The number of carbonyl (C=O) groups is 10. The van der Waals surface area contributed by atoms with Gasteiger partial charge in [-0.05, 0) is 135 Å². The van der Waals surface area contributed by atoms with Gasteiger partial charge in [-0.2, -0.15) is 0 Å². The number of piperidine rings is 1. The summed E-state index contributed by atoms with van der Waals surface area (Å²) in [7, 11) is 0. The average Bonchev–Trinajstić information content (AvgIpc) is 3.44. The molecule has 2 heterocycles. The van der Waals surface area contributed by atoms with Gasteiger partial charge in [0.2, 0.25) is 59.1 Å². The molecule has 0 aliphatic carbocycles. The Morgan fingerprint density at radius 3 is 1.63 bits per heavy atom. The summed E-state index contributed by atoms with van der Waals surface area (Å²) in [5.74, 6) is -9.21. The zero-order chi connectivity index (χ0) is 61.8. The molecule has 3 unspecified atom stereocenters. The van der Waals surface area contributed by atoms with Gasteiger partial charge in [0.1, 0.15) is 54.6 Å². The molecule has 0 radical (unpaired) electrons. The summed E-state index contributed by atoms with van der Waals surface area (Å²) in [5.41, 5.74) is 30.0. The van der Waals surface area contributed by atoms with Crippen molar-refractivity contribution in [2.24, 2.45) is 40.5 Å². The van der Waals surface area contributed by atoms with E-state index < -0.39 is 145 Å². The van der Waals surface area contributed by atoms with E-state index in [-0.39, 0.29) is 95.4 Å². The molecule has 2 saturated heterocycles. The molecular formula is C53H93N17O13. The van der Waals surface area contributed by atoms with E-state index in [0.717, 1.165) is 0 Å². The van der Waals surface area contributed by atoms with Crippen LogP contribution in [0.2, 0.25) is 0 Å². The van der Waals surface area contributed by atoms with Crippen LogP contribution in [0.4, 0.5) is 0 Å². The molecule has 0 spiro atoms. The van der Waals surface area contributed by atoms with Crippen LogP contribution in [0.3, 0.4) is 0 Å². The lowest BCUT2D eigenvalue weighted by Gasteiger charge is -2.32. The lowest BCUT2D eigenvalue weighted by molar-refractivity contribution is -0.137. The number of carbonyl (C=O) groups excluding carboxylic acids is 10. The summed E-state index contributed by atoms with van der Waals surface area (Å²) in [5, 5.41) is 65.2. The number of benzene rings is 1. The summed E-state index contributed by atoms with van der Waals surface area (Å²) >= 11 is 0. The van der Waals surface area contributed by atoms with Gasteiger partial charge in [-0.3, -0.25) is 53.3 Å². The zero-order valence-electron chi connectivity index (χ0n) is 48.1. The smallest absolute Gasteiger partial charge is 0.245 e. The van der Waals surface area contributed by atoms with Crippen LogP contribution in [0.15, 0.2) is 30.3 Å². The van der Waals surface area contributed by atoms with E-state index in [0.29, 0.717) is 31.5 Å². The van der Waals surface area contributed by atoms with E-state index in [1.807, 2.05) is 13.8 Å². The lowest BCUT2D eigenvalue weighted by Crippen LogP contribution is -2.62. The number of amides is 10. The minimum absolute atomic E-state index is 0.0154. The number of nitrogens with one attached hydrogen (secondary N) is 12. The number of aliphatic hydroxyl groups excluding tert-OH is 3. The first-order valence-corrected chi connectivity index (χ1v) is 28.5. The Labute approximate surface area is 484 Å². The minimum Gasteiger partial charge on any atom is -0.391 e. The highest BCUT2D eigenvalue weighted by Gasteiger charge is 2.38. The van der Waals surface area contributed by atoms with Gasteiger partial charge in [0, 0.05) is 12.5 Å². The summed E-state index contributed by atoms with van der Waals surface area (Å²) < 4.78 is 0. The van der Waals surface area contributed by atoms with Gasteiger partial charge in [0.05, 0.1) is 24.3 Å². The Kier molecular flexibility index (Phi) is 31.5. The Morgan fingerprint density at radius 1 is 0.590 bits per heavy atom. The molecule has 2 fully saturated rings. The predicted octanol–water partition coefficient (Wildman–Crippen LogP) is -8.06. The van der Waals surface area contributed by atoms with Gasteiger partial charge in [0.25, 0.3) is 0 Å². The van der Waals surface area contributed by atoms with Crippen LogP contribution in [0.5, 0.6) is 0 Å². The fraction of sp³-hybridized carbons (Fsp3) is 0.698. The van der Waals surface area contributed by atoms with Crippen molar-refractivity contribution < 1.29 is 63.3 Å². The van der Waals surface area contributed by atoms with Gasteiger partial charge in [0.15, 0.2) is 0 Å². The van der Waals surface area contributed by atoms with Crippen molar-refractivity contribution in [3.8, 4) is 0 Å². The van der Waals surface area contributed by atoms with Crippen molar-refractivity contribution in [1.29, 1.82) is 0 Å². The van der Waals surface area contributed by atoms with Crippen LogP contribution in [0.1, 0.15) is 91.0 Å². The van der Waals surface area contributed by atoms with Crippen LogP contribution in [-0.2, 0) is 54.4 Å². The Bertz CT molecular complexity index is 2260. The van der Waals surface area contributed by atoms with E-state index in [1.165, 1.54) is 13.8 Å². The molecule has 1 aromatic carbocycles. The monoisotopic (exact) mass is 1180 g/mol. The number of aliphatic hydroxyl groups is 3. The number of hydrogen-bond acceptors (Lipinski definition) is 20. The topological polar surface area (TPSA) is 506 Å². The summed E-state index contributed by atoms with van der Waals surface area (Å²) in [4.78, 5) is 140. The number of nitrogens with two attached hydrogens (primary N) is 5. The van der Waals surface area contributed by atoms with Crippen molar-refractivity contribution in [2.75, 3.05) is 52.4 Å². The first kappa shape index (κ1) is 70.8. The number of rotatable bonds is 24. The van der Waals surface area contributed by atoms with Gasteiger partial charge in [-0.25, -0.2) is 0 Å². The molecular weight excluding hydrogens is 1080 g/mol. The Hall–Kier alpha value is -6.48.